The number of carbonyl (C=O) groups excluding carboxylic acids is 3. The van der Waals surface area contributed by atoms with Gasteiger partial charge in [0.15, 0.2) is 6.61 Å². The first kappa shape index (κ1) is 20.5. The van der Waals surface area contributed by atoms with Gasteiger partial charge in [0.05, 0.1) is 6.42 Å². The lowest BCUT2D eigenvalue weighted by atomic mass is 9.88. The summed E-state index contributed by atoms with van der Waals surface area (Å²) in [4.78, 5) is 46.1. The molecule has 1 aliphatic carbocycles. The van der Waals surface area contributed by atoms with E-state index in [0.29, 0.717) is 13.0 Å². The van der Waals surface area contributed by atoms with E-state index in [4.69, 9.17) is 4.74 Å². The second kappa shape index (κ2) is 9.80. The molecule has 8 nitrogen and oxygen atoms in total. The molecule has 1 fully saturated rings. The van der Waals surface area contributed by atoms with Crippen molar-refractivity contribution in [1.29, 1.82) is 0 Å². The second-order valence-corrected chi connectivity index (χ2v) is 6.88. The Bertz CT molecular complexity index is 691. The Morgan fingerprint density at radius 3 is 2.67 bits per heavy atom. The monoisotopic (exact) mass is 376 g/mol. The Morgan fingerprint density at radius 1 is 1.30 bits per heavy atom. The molecule has 1 saturated carbocycles. The number of nitrogens with zero attached hydrogens (tertiary/aromatic N) is 1. The zero-order chi connectivity index (χ0) is 19.8. The number of carbonyl (C=O) groups is 3. The molecule has 0 bridgehead atoms. The summed E-state index contributed by atoms with van der Waals surface area (Å²) < 4.78 is 4.93. The van der Waals surface area contributed by atoms with Gasteiger partial charge in [-0.2, -0.15) is 0 Å². The van der Waals surface area contributed by atoms with Gasteiger partial charge in [-0.1, -0.05) is 37.3 Å². The van der Waals surface area contributed by atoms with Crippen LogP contribution in [0.15, 0.2) is 30.3 Å². The van der Waals surface area contributed by atoms with Crippen molar-refractivity contribution >= 4 is 17.7 Å². The van der Waals surface area contributed by atoms with Crippen molar-refractivity contribution in [3.63, 3.8) is 0 Å². The normalized spacial score (nSPS) is 21.7. The third kappa shape index (κ3) is 6.47. The summed E-state index contributed by atoms with van der Waals surface area (Å²) in [5, 5.41) is 13.4. The van der Waals surface area contributed by atoms with Gasteiger partial charge in [-0.15, -0.1) is 0 Å². The van der Waals surface area contributed by atoms with Crippen LogP contribution in [0.3, 0.4) is 0 Å². The first-order chi connectivity index (χ1) is 12.9. The standard InChI is InChI=1S/C19H24N2O6/c1-13-9-17(22)15(16(13)11-21(25)26)10-19(24)27-12-18(23)20-8-7-14-5-3-2-4-6-14/h2-6,13,15-16H,7-12H2,1H3,(H,20,23)/t13-,15+,16-/m1/s1. The molecule has 0 unspecified atom stereocenters. The van der Waals surface area contributed by atoms with Crippen LogP contribution in [-0.4, -0.2) is 42.3 Å². The van der Waals surface area contributed by atoms with Crippen LogP contribution in [0.5, 0.6) is 0 Å². The first-order valence-corrected chi connectivity index (χ1v) is 8.97. The van der Waals surface area contributed by atoms with E-state index in [0.717, 1.165) is 5.56 Å². The van der Waals surface area contributed by atoms with Crippen LogP contribution in [0.4, 0.5) is 0 Å². The summed E-state index contributed by atoms with van der Waals surface area (Å²) in [6, 6.07) is 9.64. The van der Waals surface area contributed by atoms with E-state index in [9.17, 15) is 24.5 Å². The maximum Gasteiger partial charge on any atom is 0.307 e. The summed E-state index contributed by atoms with van der Waals surface area (Å²) in [7, 11) is 0. The van der Waals surface area contributed by atoms with E-state index in [1.54, 1.807) is 6.92 Å². The molecule has 1 N–H and O–H groups in total. The zero-order valence-electron chi connectivity index (χ0n) is 15.3. The number of hydrogen-bond donors (Lipinski definition) is 1. The van der Waals surface area contributed by atoms with Crippen molar-refractivity contribution in [3.8, 4) is 0 Å². The molecule has 146 valence electrons. The number of nitrogens with one attached hydrogen (secondary N) is 1. The lowest BCUT2D eigenvalue weighted by Gasteiger charge is -2.17. The molecular formula is C19H24N2O6. The summed E-state index contributed by atoms with van der Waals surface area (Å²) >= 11 is 0. The number of ketones is 1. The van der Waals surface area contributed by atoms with Gasteiger partial charge in [0, 0.05) is 29.7 Å². The molecule has 0 heterocycles. The Balaban J connectivity index is 1.72. The number of amides is 1. The summed E-state index contributed by atoms with van der Waals surface area (Å²) in [5.41, 5.74) is 1.08. The molecule has 0 saturated heterocycles. The summed E-state index contributed by atoms with van der Waals surface area (Å²) in [6.45, 7) is 1.43. The third-order valence-electron chi connectivity index (χ3n) is 4.87. The lowest BCUT2D eigenvalue weighted by molar-refractivity contribution is -0.490. The van der Waals surface area contributed by atoms with E-state index in [2.05, 4.69) is 5.32 Å². The number of esters is 1. The highest BCUT2D eigenvalue weighted by Gasteiger charge is 2.44. The average molecular weight is 376 g/mol. The van der Waals surface area contributed by atoms with Gasteiger partial charge >= 0.3 is 5.97 Å². The fraction of sp³-hybridized carbons (Fsp3) is 0.526. The van der Waals surface area contributed by atoms with Crippen LogP contribution in [-0.2, 0) is 25.5 Å². The topological polar surface area (TPSA) is 116 Å². The van der Waals surface area contributed by atoms with E-state index in [1.807, 2.05) is 30.3 Å². The quantitative estimate of drug-likeness (QED) is 0.396. The number of nitro groups is 1. The molecule has 0 aromatic heterocycles. The first-order valence-electron chi connectivity index (χ1n) is 8.97. The fourth-order valence-corrected chi connectivity index (χ4v) is 3.43. The number of rotatable bonds is 9. The summed E-state index contributed by atoms with van der Waals surface area (Å²) in [6.07, 6.45) is 0.674. The van der Waals surface area contributed by atoms with Gasteiger partial charge in [-0.25, -0.2) is 0 Å². The number of benzene rings is 1. The van der Waals surface area contributed by atoms with E-state index in [-0.39, 0.29) is 31.1 Å². The highest BCUT2D eigenvalue weighted by molar-refractivity contribution is 5.88. The molecule has 1 amide bonds. The van der Waals surface area contributed by atoms with Gasteiger partial charge in [0.2, 0.25) is 6.54 Å². The second-order valence-electron chi connectivity index (χ2n) is 6.88. The number of ether oxygens (including phenoxy) is 1. The SMILES string of the molecule is C[C@@H]1CC(=O)[C@@H](CC(=O)OCC(=O)NCCc2ccccc2)[C@@H]1C[N+](=O)[O-]. The molecule has 27 heavy (non-hydrogen) atoms. The minimum atomic E-state index is -0.709. The van der Waals surface area contributed by atoms with Gasteiger partial charge in [0.1, 0.15) is 5.78 Å². The Labute approximate surface area is 157 Å². The van der Waals surface area contributed by atoms with Crippen molar-refractivity contribution in [2.75, 3.05) is 19.7 Å². The van der Waals surface area contributed by atoms with Crippen LogP contribution in [0.2, 0.25) is 0 Å². The van der Waals surface area contributed by atoms with Crippen molar-refractivity contribution in [2.24, 2.45) is 17.8 Å². The smallest absolute Gasteiger partial charge is 0.307 e. The minimum absolute atomic E-state index is 0.137. The predicted molar refractivity (Wildman–Crippen MR) is 96.4 cm³/mol. The molecule has 0 radical (unpaired) electrons. The average Bonchev–Trinajstić information content (AvgIpc) is 2.87. The zero-order valence-corrected chi connectivity index (χ0v) is 15.3. The van der Waals surface area contributed by atoms with Crippen molar-refractivity contribution < 1.29 is 24.0 Å². The van der Waals surface area contributed by atoms with Gasteiger partial charge in [-0.05, 0) is 17.9 Å². The van der Waals surface area contributed by atoms with E-state index < -0.39 is 35.2 Å². The Hall–Kier alpha value is -2.77. The molecule has 8 heteroatoms. The lowest BCUT2D eigenvalue weighted by Crippen LogP contribution is -2.32. The van der Waals surface area contributed by atoms with Gasteiger partial charge in [-0.3, -0.25) is 24.5 Å². The van der Waals surface area contributed by atoms with Crippen LogP contribution in [0.1, 0.15) is 25.3 Å². The molecule has 1 aromatic rings. The largest absolute Gasteiger partial charge is 0.456 e. The Kier molecular flexibility index (Phi) is 7.45. The van der Waals surface area contributed by atoms with Crippen LogP contribution in [0, 0.1) is 27.9 Å². The maximum atomic E-state index is 12.0. The minimum Gasteiger partial charge on any atom is -0.456 e. The molecule has 2 rings (SSSR count). The molecule has 3 atom stereocenters. The molecular weight excluding hydrogens is 352 g/mol. The van der Waals surface area contributed by atoms with E-state index >= 15 is 0 Å². The maximum absolute atomic E-state index is 12.0. The molecule has 1 aromatic carbocycles. The van der Waals surface area contributed by atoms with Crippen LogP contribution in [0.25, 0.3) is 0 Å². The highest BCUT2D eigenvalue weighted by Crippen LogP contribution is 2.36. The highest BCUT2D eigenvalue weighted by atomic mass is 16.6. The Morgan fingerprint density at radius 2 is 2.00 bits per heavy atom. The van der Waals surface area contributed by atoms with Crippen molar-refractivity contribution in [3.05, 3.63) is 46.0 Å². The van der Waals surface area contributed by atoms with Crippen molar-refractivity contribution in [1.82, 2.24) is 5.32 Å². The number of hydrogen-bond acceptors (Lipinski definition) is 6. The third-order valence-corrected chi connectivity index (χ3v) is 4.87. The van der Waals surface area contributed by atoms with Crippen molar-refractivity contribution in [2.45, 2.75) is 26.2 Å². The van der Waals surface area contributed by atoms with Gasteiger partial charge in [0.25, 0.3) is 5.91 Å². The van der Waals surface area contributed by atoms with Crippen LogP contribution >= 0.6 is 0 Å². The molecule has 1 aliphatic rings. The van der Waals surface area contributed by atoms with Gasteiger partial charge < -0.3 is 10.1 Å². The number of Topliss-reactive ketones (excluding diaryl/α,β-unsaturated/α-hetero) is 1. The fourth-order valence-electron chi connectivity index (χ4n) is 3.43. The van der Waals surface area contributed by atoms with Crippen LogP contribution < -0.4 is 5.32 Å². The van der Waals surface area contributed by atoms with E-state index in [1.165, 1.54) is 0 Å². The molecule has 0 spiro atoms. The summed E-state index contributed by atoms with van der Waals surface area (Å²) in [5.74, 6) is -2.58. The predicted octanol–water partition coefficient (Wildman–Crippen LogP) is 1.40. The molecule has 0 aliphatic heterocycles.